The maximum absolute atomic E-state index is 14.1. The van der Waals surface area contributed by atoms with Crippen LogP contribution in [0.2, 0.25) is 0 Å². The second kappa shape index (κ2) is 13.4. The van der Waals surface area contributed by atoms with E-state index in [0.717, 1.165) is 21.4 Å². The number of nitrogens with one attached hydrogen (secondary N) is 1. The molecule has 49 heavy (non-hydrogen) atoms. The fourth-order valence-corrected chi connectivity index (χ4v) is 6.12. The molecular formula is C35H33ClN6O7. The second-order valence-electron chi connectivity index (χ2n) is 11.9. The number of imidazole rings is 1. The molecule has 13 nitrogen and oxygen atoms in total. The number of anilines is 2. The van der Waals surface area contributed by atoms with Crippen LogP contribution in [0, 0.1) is 6.92 Å². The summed E-state index contributed by atoms with van der Waals surface area (Å²) in [7, 11) is 2.93. The van der Waals surface area contributed by atoms with Crippen molar-refractivity contribution in [1.29, 1.82) is 0 Å². The molecule has 5 aromatic rings. The number of carbonyl (C=O) groups excluding carboxylic acids is 3. The number of halogens is 1. The smallest absolute Gasteiger partial charge is 0.415 e. The normalized spacial score (nSPS) is 13.7. The average molecular weight is 685 g/mol. The van der Waals surface area contributed by atoms with E-state index in [0.29, 0.717) is 28.0 Å². The number of rotatable bonds is 8. The Balaban J connectivity index is 1.31. The zero-order valence-electron chi connectivity index (χ0n) is 26.9. The number of ether oxygens (including phenoxy) is 1. The van der Waals surface area contributed by atoms with Gasteiger partial charge in [-0.2, -0.15) is 0 Å². The number of benzene rings is 3. The van der Waals surface area contributed by atoms with Crippen molar-refractivity contribution < 1.29 is 34.1 Å². The number of aromatic nitrogens is 2. The quantitative estimate of drug-likeness (QED) is 0.174. The molecule has 3 N–H and O–H groups in total. The van der Waals surface area contributed by atoms with Gasteiger partial charge >= 0.3 is 12.2 Å². The van der Waals surface area contributed by atoms with Crippen LogP contribution in [0.25, 0.3) is 16.4 Å². The summed E-state index contributed by atoms with van der Waals surface area (Å²) in [5.41, 5.74) is 3.83. The number of aryl methyl sites for hydroxylation is 1. The van der Waals surface area contributed by atoms with Crippen LogP contribution < -0.4 is 15.0 Å². The highest BCUT2D eigenvalue weighted by atomic mass is 35.5. The van der Waals surface area contributed by atoms with E-state index in [1.807, 2.05) is 25.1 Å². The Kier molecular flexibility index (Phi) is 9.02. The van der Waals surface area contributed by atoms with Crippen molar-refractivity contribution >= 4 is 63.4 Å². The lowest BCUT2D eigenvalue weighted by atomic mass is 9.92. The van der Waals surface area contributed by atoms with E-state index in [-0.39, 0.29) is 60.4 Å². The first kappa shape index (κ1) is 33.1. The first-order chi connectivity index (χ1) is 23.4. The number of phenolic OH excluding ortho intramolecular Hbond substituents is 1. The third kappa shape index (κ3) is 6.52. The number of carboxylic acid groups (broad SMARTS) is 1. The first-order valence-electron chi connectivity index (χ1n) is 15.3. The van der Waals surface area contributed by atoms with Gasteiger partial charge in [-0.1, -0.05) is 18.2 Å². The van der Waals surface area contributed by atoms with Gasteiger partial charge in [0.25, 0.3) is 11.8 Å². The van der Waals surface area contributed by atoms with E-state index < -0.39 is 12.2 Å². The predicted molar refractivity (Wildman–Crippen MR) is 184 cm³/mol. The Bertz CT molecular complexity index is 2120. The fraction of sp³-hybridized carbons (Fsp3) is 0.229. The zero-order chi connectivity index (χ0) is 35.0. The molecule has 252 valence electrons. The number of hydrogen-bond acceptors (Lipinski definition) is 7. The molecule has 1 aliphatic heterocycles. The van der Waals surface area contributed by atoms with Crippen LogP contribution in [0.1, 0.15) is 37.9 Å². The number of pyridine rings is 1. The number of carbonyl (C=O) groups is 4. The van der Waals surface area contributed by atoms with Crippen molar-refractivity contribution in [3.63, 3.8) is 0 Å². The summed E-state index contributed by atoms with van der Waals surface area (Å²) >= 11 is 6.49. The minimum Gasteiger partial charge on any atom is -0.508 e. The van der Waals surface area contributed by atoms with E-state index in [4.69, 9.17) is 21.4 Å². The Morgan fingerprint density at radius 3 is 2.47 bits per heavy atom. The third-order valence-electron chi connectivity index (χ3n) is 8.55. The lowest BCUT2D eigenvalue weighted by Crippen LogP contribution is -2.38. The standard InChI is InChI=1S/C35H33ClN6O7/c1-20-5-4-6-25-28(49-35(48)40(3)14-13-39(2)34(46)47)15-27-31(30(20)25)22(16-36)17-42(27)33(45)26-19-41-18-23(9-12-29(41)38-26)37-32(44)21-7-10-24(43)11-8-21/h4-12,15,18-19,22,43H,13-14,16-17H2,1-3H3,(H,37,44)(H,46,47)/t22-/m1/s1. The average Bonchev–Trinajstić information content (AvgIpc) is 3.68. The predicted octanol–water partition coefficient (Wildman–Crippen LogP) is 5.78. The largest absolute Gasteiger partial charge is 0.508 e. The van der Waals surface area contributed by atoms with Crippen molar-refractivity contribution in [2.45, 2.75) is 12.8 Å². The SMILES string of the molecule is Cc1cccc2c(OC(=O)N(C)CCN(C)C(=O)O)cc3c(c12)[C@H](CCl)CN3C(=O)c1cn2cc(NC(=O)c3ccc(O)cc3)ccc2n1. The second-order valence-corrected chi connectivity index (χ2v) is 12.2. The molecule has 1 atom stereocenters. The Morgan fingerprint density at radius 2 is 1.76 bits per heavy atom. The van der Waals surface area contributed by atoms with E-state index in [2.05, 4.69) is 10.3 Å². The first-order valence-corrected chi connectivity index (χ1v) is 15.9. The van der Waals surface area contributed by atoms with Gasteiger partial charge in [-0.05, 0) is 59.8 Å². The molecule has 2 aromatic heterocycles. The fourth-order valence-electron chi connectivity index (χ4n) is 5.87. The molecule has 0 saturated carbocycles. The van der Waals surface area contributed by atoms with Crippen LogP contribution in [0.3, 0.4) is 0 Å². The van der Waals surface area contributed by atoms with Crippen LogP contribution in [0.15, 0.2) is 73.1 Å². The Morgan fingerprint density at radius 1 is 1.02 bits per heavy atom. The van der Waals surface area contributed by atoms with Crippen LogP contribution >= 0.6 is 11.6 Å². The van der Waals surface area contributed by atoms with Gasteiger partial charge in [-0.15, -0.1) is 11.6 Å². The van der Waals surface area contributed by atoms with E-state index in [9.17, 15) is 24.3 Å². The number of aromatic hydroxyl groups is 1. The van der Waals surface area contributed by atoms with Crippen LogP contribution in [0.4, 0.5) is 21.0 Å². The number of hydrogen-bond donors (Lipinski definition) is 3. The number of fused-ring (bicyclic) bond motifs is 4. The maximum atomic E-state index is 14.1. The molecule has 1 aliphatic rings. The molecule has 0 fully saturated rings. The summed E-state index contributed by atoms with van der Waals surface area (Å²) in [6.07, 6.45) is 1.44. The number of amides is 4. The number of nitrogens with zero attached hydrogens (tertiary/aromatic N) is 5. The Hall–Kier alpha value is -5.82. The van der Waals surface area contributed by atoms with Crippen LogP contribution in [-0.2, 0) is 0 Å². The minimum atomic E-state index is -1.11. The van der Waals surface area contributed by atoms with Gasteiger partial charge in [-0.25, -0.2) is 14.6 Å². The van der Waals surface area contributed by atoms with Crippen molar-refractivity contribution in [3.8, 4) is 11.5 Å². The summed E-state index contributed by atoms with van der Waals surface area (Å²) in [5.74, 6) is -0.410. The molecule has 0 radical (unpaired) electrons. The van der Waals surface area contributed by atoms with Gasteiger partial charge in [0, 0.05) is 74.9 Å². The number of phenols is 1. The highest BCUT2D eigenvalue weighted by Gasteiger charge is 2.36. The van der Waals surface area contributed by atoms with Gasteiger partial charge in [0.05, 0.1) is 11.4 Å². The molecule has 0 bridgehead atoms. The number of likely N-dealkylation sites (N-methyl/N-ethyl adjacent to an activating group) is 2. The van der Waals surface area contributed by atoms with Crippen LogP contribution in [0.5, 0.6) is 11.5 Å². The minimum absolute atomic E-state index is 0.0536. The maximum Gasteiger partial charge on any atom is 0.415 e. The van der Waals surface area contributed by atoms with Gasteiger partial charge in [0.2, 0.25) is 0 Å². The van der Waals surface area contributed by atoms with Crippen molar-refractivity contribution in [3.05, 3.63) is 95.4 Å². The lowest BCUT2D eigenvalue weighted by molar-refractivity contribution is 0.0982. The molecule has 6 rings (SSSR count). The van der Waals surface area contributed by atoms with E-state index in [1.54, 1.807) is 39.9 Å². The topological polar surface area (TPSA) is 157 Å². The summed E-state index contributed by atoms with van der Waals surface area (Å²) in [6, 6.07) is 16.6. The van der Waals surface area contributed by atoms with Crippen molar-refractivity contribution in [2.75, 3.05) is 49.8 Å². The molecule has 4 amide bonds. The molecule has 3 aromatic carbocycles. The van der Waals surface area contributed by atoms with Crippen LogP contribution in [-0.4, -0.2) is 93.0 Å². The summed E-state index contributed by atoms with van der Waals surface area (Å²) in [4.78, 5) is 59.7. The number of alkyl halides is 1. The molecule has 0 aliphatic carbocycles. The van der Waals surface area contributed by atoms with Gasteiger partial charge in [0.1, 0.15) is 22.8 Å². The monoisotopic (exact) mass is 684 g/mol. The molecular weight excluding hydrogens is 652 g/mol. The van der Waals surface area contributed by atoms with E-state index in [1.165, 1.54) is 43.3 Å². The molecule has 0 saturated heterocycles. The lowest BCUT2D eigenvalue weighted by Gasteiger charge is -2.22. The van der Waals surface area contributed by atoms with Gasteiger partial charge in [-0.3, -0.25) is 9.59 Å². The highest BCUT2D eigenvalue weighted by Crippen LogP contribution is 2.47. The Labute approximate surface area is 285 Å². The summed E-state index contributed by atoms with van der Waals surface area (Å²) in [6.45, 7) is 2.42. The summed E-state index contributed by atoms with van der Waals surface area (Å²) in [5, 5.41) is 23.0. The third-order valence-corrected chi connectivity index (χ3v) is 8.92. The van der Waals surface area contributed by atoms with Crippen molar-refractivity contribution in [2.24, 2.45) is 0 Å². The van der Waals surface area contributed by atoms with Crippen molar-refractivity contribution in [1.82, 2.24) is 19.2 Å². The molecule has 3 heterocycles. The summed E-state index contributed by atoms with van der Waals surface area (Å²) < 4.78 is 7.52. The molecule has 14 heteroatoms. The van der Waals surface area contributed by atoms with E-state index >= 15 is 0 Å². The zero-order valence-corrected chi connectivity index (χ0v) is 27.6. The molecule has 0 unspecified atom stereocenters. The highest BCUT2D eigenvalue weighted by molar-refractivity contribution is 6.19. The van der Waals surface area contributed by atoms with Gasteiger partial charge < -0.3 is 39.4 Å². The van der Waals surface area contributed by atoms with Gasteiger partial charge in [0.15, 0.2) is 0 Å². The molecule has 0 spiro atoms.